The smallest absolute Gasteiger partial charge is 0.258 e. The second-order valence-corrected chi connectivity index (χ2v) is 5.50. The van der Waals surface area contributed by atoms with Crippen LogP contribution in [0.4, 0.5) is 17.2 Å². The molecule has 0 aliphatic rings. The van der Waals surface area contributed by atoms with Gasteiger partial charge in [0.05, 0.1) is 17.4 Å². The summed E-state index contributed by atoms with van der Waals surface area (Å²) in [6.07, 6.45) is 3.05. The fourth-order valence-corrected chi connectivity index (χ4v) is 2.23. The Balaban J connectivity index is 1.76. The van der Waals surface area contributed by atoms with Crippen LogP contribution in [0.2, 0.25) is 0 Å². The van der Waals surface area contributed by atoms with E-state index < -0.39 is 0 Å². The molecule has 0 aliphatic heterocycles. The number of nitrogens with one attached hydrogen (secondary N) is 2. The van der Waals surface area contributed by atoms with Crippen LogP contribution >= 0.6 is 0 Å². The van der Waals surface area contributed by atoms with Crippen molar-refractivity contribution in [3.63, 3.8) is 0 Å². The highest BCUT2D eigenvalue weighted by Crippen LogP contribution is 2.19. The van der Waals surface area contributed by atoms with E-state index in [1.165, 1.54) is 13.1 Å². The van der Waals surface area contributed by atoms with Crippen LogP contribution in [0.1, 0.15) is 33.4 Å². The number of aryl methyl sites for hydroxylation is 1. The molecule has 126 valence electrons. The van der Waals surface area contributed by atoms with Crippen molar-refractivity contribution in [3.8, 4) is 0 Å². The summed E-state index contributed by atoms with van der Waals surface area (Å²) in [5.41, 5.74) is 2.34. The van der Waals surface area contributed by atoms with E-state index in [9.17, 15) is 9.59 Å². The van der Waals surface area contributed by atoms with Gasteiger partial charge in [-0.25, -0.2) is 0 Å². The number of pyridine rings is 1. The Kier molecular flexibility index (Phi) is 4.56. The molecule has 0 spiro atoms. The molecule has 7 heteroatoms. The van der Waals surface area contributed by atoms with Gasteiger partial charge in [-0.2, -0.15) is 0 Å². The van der Waals surface area contributed by atoms with Crippen LogP contribution in [0.5, 0.6) is 0 Å². The number of benzene rings is 1. The summed E-state index contributed by atoms with van der Waals surface area (Å²) in [6, 6.07) is 10.4. The van der Waals surface area contributed by atoms with E-state index in [1.807, 2.05) is 6.07 Å². The standard InChI is InChI=1S/C18H16N4O3/c1-11-6-17(22-25-11)21-18(24)14-8-16(10-19-9-14)20-15-5-3-4-13(7-15)12(2)23/h3-10,20H,1-2H3,(H,21,22,24). The topological polar surface area (TPSA) is 97.1 Å². The summed E-state index contributed by atoms with van der Waals surface area (Å²) >= 11 is 0. The number of anilines is 3. The molecule has 2 N–H and O–H groups in total. The van der Waals surface area contributed by atoms with Crippen molar-refractivity contribution in [1.29, 1.82) is 0 Å². The third kappa shape index (κ3) is 4.08. The Hall–Kier alpha value is -3.48. The van der Waals surface area contributed by atoms with Crippen LogP contribution in [0.3, 0.4) is 0 Å². The number of rotatable bonds is 5. The van der Waals surface area contributed by atoms with Crippen LogP contribution in [0, 0.1) is 6.92 Å². The molecule has 0 saturated carbocycles. The van der Waals surface area contributed by atoms with Gasteiger partial charge in [0.1, 0.15) is 5.76 Å². The Morgan fingerprint density at radius 2 is 1.84 bits per heavy atom. The molecule has 25 heavy (non-hydrogen) atoms. The van der Waals surface area contributed by atoms with Gasteiger partial charge in [-0.1, -0.05) is 17.3 Å². The first kappa shape index (κ1) is 16.4. The molecule has 0 aliphatic carbocycles. The zero-order valence-corrected chi connectivity index (χ0v) is 13.7. The maximum absolute atomic E-state index is 12.3. The first-order chi connectivity index (χ1) is 12.0. The van der Waals surface area contributed by atoms with Gasteiger partial charge in [0.25, 0.3) is 5.91 Å². The van der Waals surface area contributed by atoms with Crippen molar-refractivity contribution >= 4 is 28.9 Å². The highest BCUT2D eigenvalue weighted by molar-refractivity contribution is 6.04. The van der Waals surface area contributed by atoms with E-state index in [-0.39, 0.29) is 11.7 Å². The number of hydrogen-bond acceptors (Lipinski definition) is 6. The summed E-state index contributed by atoms with van der Waals surface area (Å²) in [5.74, 6) is 0.587. The van der Waals surface area contributed by atoms with Crippen molar-refractivity contribution in [2.24, 2.45) is 0 Å². The monoisotopic (exact) mass is 336 g/mol. The third-order valence-electron chi connectivity index (χ3n) is 3.43. The summed E-state index contributed by atoms with van der Waals surface area (Å²) in [6.45, 7) is 3.25. The molecule has 1 amide bonds. The predicted octanol–water partition coefficient (Wildman–Crippen LogP) is 3.58. The number of ketones is 1. The van der Waals surface area contributed by atoms with E-state index in [0.29, 0.717) is 28.4 Å². The number of nitrogens with zero attached hydrogens (tertiary/aromatic N) is 2. The zero-order valence-electron chi connectivity index (χ0n) is 13.7. The molecule has 0 saturated heterocycles. The van der Waals surface area contributed by atoms with Crippen molar-refractivity contribution in [2.45, 2.75) is 13.8 Å². The average molecular weight is 336 g/mol. The number of hydrogen-bond donors (Lipinski definition) is 2. The van der Waals surface area contributed by atoms with Crippen LogP contribution in [0.15, 0.2) is 53.3 Å². The largest absolute Gasteiger partial charge is 0.360 e. The molecule has 7 nitrogen and oxygen atoms in total. The lowest BCUT2D eigenvalue weighted by Gasteiger charge is -2.08. The summed E-state index contributed by atoms with van der Waals surface area (Å²) in [4.78, 5) is 27.8. The Morgan fingerprint density at radius 1 is 1.04 bits per heavy atom. The molecular weight excluding hydrogens is 320 g/mol. The molecule has 1 aromatic carbocycles. The quantitative estimate of drug-likeness (QED) is 0.691. The first-order valence-electron chi connectivity index (χ1n) is 7.59. The Labute approximate surface area is 144 Å². The Morgan fingerprint density at radius 3 is 2.56 bits per heavy atom. The van der Waals surface area contributed by atoms with Crippen LogP contribution < -0.4 is 10.6 Å². The second kappa shape index (κ2) is 6.96. The summed E-state index contributed by atoms with van der Waals surface area (Å²) < 4.78 is 4.91. The van der Waals surface area contributed by atoms with Gasteiger partial charge >= 0.3 is 0 Å². The molecule has 3 aromatic rings. The fourth-order valence-electron chi connectivity index (χ4n) is 2.23. The minimum atomic E-state index is -0.345. The lowest BCUT2D eigenvalue weighted by atomic mass is 10.1. The maximum atomic E-state index is 12.3. The van der Waals surface area contributed by atoms with E-state index in [0.717, 1.165) is 5.69 Å². The van der Waals surface area contributed by atoms with Crippen LogP contribution in [-0.2, 0) is 0 Å². The van der Waals surface area contributed by atoms with Crippen LogP contribution in [-0.4, -0.2) is 21.8 Å². The van der Waals surface area contributed by atoms with Gasteiger partial charge in [-0.05, 0) is 32.0 Å². The summed E-state index contributed by atoms with van der Waals surface area (Å²) in [7, 11) is 0. The maximum Gasteiger partial charge on any atom is 0.258 e. The highest BCUT2D eigenvalue weighted by atomic mass is 16.5. The molecule has 0 radical (unpaired) electrons. The molecular formula is C18H16N4O3. The minimum absolute atomic E-state index is 0.0159. The highest BCUT2D eigenvalue weighted by Gasteiger charge is 2.10. The lowest BCUT2D eigenvalue weighted by Crippen LogP contribution is -2.12. The van der Waals surface area contributed by atoms with E-state index >= 15 is 0 Å². The van der Waals surface area contributed by atoms with Crippen molar-refractivity contribution in [2.75, 3.05) is 10.6 Å². The van der Waals surface area contributed by atoms with Gasteiger partial charge < -0.3 is 15.2 Å². The van der Waals surface area contributed by atoms with Gasteiger partial charge in [-0.15, -0.1) is 0 Å². The molecule has 0 unspecified atom stereocenters. The fraction of sp³-hybridized carbons (Fsp3) is 0.111. The second-order valence-electron chi connectivity index (χ2n) is 5.50. The molecule has 0 atom stereocenters. The predicted molar refractivity (Wildman–Crippen MR) is 93.2 cm³/mol. The van der Waals surface area contributed by atoms with E-state index in [1.54, 1.807) is 43.5 Å². The van der Waals surface area contributed by atoms with E-state index in [2.05, 4.69) is 20.8 Å². The molecule has 3 rings (SSSR count). The normalized spacial score (nSPS) is 10.3. The van der Waals surface area contributed by atoms with E-state index in [4.69, 9.17) is 4.52 Å². The van der Waals surface area contributed by atoms with Gasteiger partial charge in [-0.3, -0.25) is 14.6 Å². The number of Topliss-reactive ketones (excluding diaryl/α,β-unsaturated/α-hetero) is 1. The van der Waals surface area contributed by atoms with Crippen molar-refractivity contribution < 1.29 is 14.1 Å². The minimum Gasteiger partial charge on any atom is -0.360 e. The SMILES string of the molecule is CC(=O)c1cccc(Nc2cncc(C(=O)Nc3cc(C)on3)c2)c1. The van der Waals surface area contributed by atoms with Crippen LogP contribution in [0.25, 0.3) is 0 Å². The summed E-state index contributed by atoms with van der Waals surface area (Å²) in [5, 5.41) is 9.49. The number of carbonyl (C=O) groups is 2. The Bertz CT molecular complexity index is 933. The molecule has 2 heterocycles. The lowest BCUT2D eigenvalue weighted by molar-refractivity contribution is 0.101. The van der Waals surface area contributed by atoms with Gasteiger partial charge in [0.15, 0.2) is 11.6 Å². The van der Waals surface area contributed by atoms with Crippen molar-refractivity contribution in [1.82, 2.24) is 10.1 Å². The number of carbonyl (C=O) groups excluding carboxylic acids is 2. The third-order valence-corrected chi connectivity index (χ3v) is 3.43. The number of aromatic nitrogens is 2. The molecule has 0 fully saturated rings. The van der Waals surface area contributed by atoms with Gasteiger partial charge in [0, 0.05) is 23.5 Å². The molecule has 2 aromatic heterocycles. The average Bonchev–Trinajstić information content (AvgIpc) is 3.00. The van der Waals surface area contributed by atoms with Crippen molar-refractivity contribution in [3.05, 3.63) is 65.7 Å². The number of amides is 1. The first-order valence-corrected chi connectivity index (χ1v) is 7.59. The van der Waals surface area contributed by atoms with Gasteiger partial charge in [0.2, 0.25) is 0 Å². The molecule has 0 bridgehead atoms. The zero-order chi connectivity index (χ0) is 17.8.